The number of fused-ring (bicyclic) bond motifs is 1. The predicted octanol–water partition coefficient (Wildman–Crippen LogP) is 3.97. The summed E-state index contributed by atoms with van der Waals surface area (Å²) in [4.78, 5) is 20.5. The van der Waals surface area contributed by atoms with Gasteiger partial charge in [0.05, 0.1) is 0 Å². The fourth-order valence-electron chi connectivity index (χ4n) is 3.69. The summed E-state index contributed by atoms with van der Waals surface area (Å²) in [5.41, 5.74) is 3.37. The molecule has 4 nitrogen and oxygen atoms in total. The number of H-pyrrole nitrogens is 1. The predicted molar refractivity (Wildman–Crippen MR) is 102 cm³/mol. The number of aromatic nitrogens is 1. The number of carbonyl (C=O) groups excluding carboxylic acids is 1. The van der Waals surface area contributed by atoms with E-state index in [1.54, 1.807) is 6.07 Å². The summed E-state index contributed by atoms with van der Waals surface area (Å²) in [6, 6.07) is 14.9. The zero-order valence-electron chi connectivity index (χ0n) is 14.8. The van der Waals surface area contributed by atoms with Gasteiger partial charge in [-0.05, 0) is 49.2 Å². The molecule has 1 amide bonds. The third-order valence-electron chi connectivity index (χ3n) is 5.14. The van der Waals surface area contributed by atoms with Gasteiger partial charge in [0.2, 0.25) is 0 Å². The number of hydrogen-bond donors (Lipinski definition) is 1. The Morgan fingerprint density at radius 2 is 1.85 bits per heavy atom. The second-order valence-electron chi connectivity index (χ2n) is 6.78. The second kappa shape index (κ2) is 6.83. The Hall–Kier alpha value is -2.82. The van der Waals surface area contributed by atoms with E-state index in [2.05, 4.69) is 22.0 Å². The number of hydrogen-bond acceptors (Lipinski definition) is 2. The highest BCUT2D eigenvalue weighted by atomic mass is 19.1. The van der Waals surface area contributed by atoms with Crippen LogP contribution in [0.1, 0.15) is 22.5 Å². The number of anilines is 1. The average Bonchev–Trinajstić information content (AvgIpc) is 2.85. The number of carbonyl (C=O) groups is 1. The van der Waals surface area contributed by atoms with Crippen molar-refractivity contribution in [2.24, 2.45) is 0 Å². The molecule has 1 N–H and O–H groups in total. The Kier molecular flexibility index (Phi) is 4.37. The number of para-hydroxylation sites is 1. The van der Waals surface area contributed by atoms with Crippen molar-refractivity contribution in [2.75, 3.05) is 31.1 Å². The first-order chi connectivity index (χ1) is 12.6. The number of amides is 1. The van der Waals surface area contributed by atoms with Crippen molar-refractivity contribution in [1.29, 1.82) is 0 Å². The molecule has 134 valence electrons. The lowest BCUT2D eigenvalue weighted by atomic mass is 10.1. The molecule has 0 bridgehead atoms. The minimum absolute atomic E-state index is 0.00554. The Morgan fingerprint density at radius 3 is 2.65 bits per heavy atom. The number of rotatable bonds is 2. The van der Waals surface area contributed by atoms with Crippen LogP contribution >= 0.6 is 0 Å². The molecule has 0 radical (unpaired) electrons. The third-order valence-corrected chi connectivity index (χ3v) is 5.14. The molecular formula is C21H22FN3O. The monoisotopic (exact) mass is 351 g/mol. The standard InChI is InChI=1S/C21H22FN3O/c1-15-18-14-16(22)8-9-19(18)23-20(15)21(26)25-11-5-10-24(12-13-25)17-6-3-2-4-7-17/h2-4,6-9,14,23H,5,10-13H2,1H3. The SMILES string of the molecule is Cc1c(C(=O)N2CCCN(c3ccccc3)CC2)[nH]c2ccc(F)cc12. The lowest BCUT2D eigenvalue weighted by Crippen LogP contribution is -2.35. The summed E-state index contributed by atoms with van der Waals surface area (Å²) in [5.74, 6) is -0.291. The van der Waals surface area contributed by atoms with Gasteiger partial charge in [0, 0.05) is 42.8 Å². The number of nitrogens with zero attached hydrogens (tertiary/aromatic N) is 2. The Balaban J connectivity index is 1.54. The van der Waals surface area contributed by atoms with Crippen LogP contribution in [0.5, 0.6) is 0 Å². The lowest BCUT2D eigenvalue weighted by molar-refractivity contribution is 0.0761. The second-order valence-corrected chi connectivity index (χ2v) is 6.78. The summed E-state index contributed by atoms with van der Waals surface area (Å²) >= 11 is 0. The highest BCUT2D eigenvalue weighted by Crippen LogP contribution is 2.24. The van der Waals surface area contributed by atoms with Crippen molar-refractivity contribution in [2.45, 2.75) is 13.3 Å². The van der Waals surface area contributed by atoms with Crippen LogP contribution in [-0.2, 0) is 0 Å². The minimum atomic E-state index is -0.285. The van der Waals surface area contributed by atoms with E-state index in [-0.39, 0.29) is 11.7 Å². The normalized spacial score (nSPS) is 15.3. The van der Waals surface area contributed by atoms with Crippen molar-refractivity contribution in [3.8, 4) is 0 Å². The van der Waals surface area contributed by atoms with Gasteiger partial charge in [0.15, 0.2) is 0 Å². The van der Waals surface area contributed by atoms with Crippen molar-refractivity contribution in [3.05, 3.63) is 65.6 Å². The van der Waals surface area contributed by atoms with Gasteiger partial charge in [0.1, 0.15) is 11.5 Å². The topological polar surface area (TPSA) is 39.3 Å². The minimum Gasteiger partial charge on any atom is -0.370 e. The molecule has 1 aromatic heterocycles. The molecule has 2 heterocycles. The summed E-state index contributed by atoms with van der Waals surface area (Å²) in [7, 11) is 0. The molecule has 2 aromatic carbocycles. The summed E-state index contributed by atoms with van der Waals surface area (Å²) in [5, 5.41) is 0.772. The van der Waals surface area contributed by atoms with Crippen LogP contribution in [0.15, 0.2) is 48.5 Å². The zero-order valence-corrected chi connectivity index (χ0v) is 14.8. The average molecular weight is 351 g/mol. The van der Waals surface area contributed by atoms with Gasteiger partial charge in [-0.15, -0.1) is 0 Å². The highest BCUT2D eigenvalue weighted by Gasteiger charge is 2.23. The number of nitrogens with one attached hydrogen (secondary N) is 1. The quantitative estimate of drug-likeness (QED) is 0.759. The number of aryl methyl sites for hydroxylation is 1. The molecule has 0 spiro atoms. The molecule has 1 saturated heterocycles. The van der Waals surface area contributed by atoms with Gasteiger partial charge in [-0.1, -0.05) is 18.2 Å². The number of aromatic amines is 1. The van der Waals surface area contributed by atoms with Gasteiger partial charge < -0.3 is 14.8 Å². The van der Waals surface area contributed by atoms with Crippen molar-refractivity contribution >= 4 is 22.5 Å². The molecule has 5 heteroatoms. The van der Waals surface area contributed by atoms with Crippen LogP contribution in [0.2, 0.25) is 0 Å². The molecule has 26 heavy (non-hydrogen) atoms. The van der Waals surface area contributed by atoms with E-state index in [1.807, 2.05) is 30.0 Å². The Labute approximate surface area is 152 Å². The number of halogens is 1. The maximum Gasteiger partial charge on any atom is 0.270 e. The maximum absolute atomic E-state index is 13.5. The molecule has 0 unspecified atom stereocenters. The molecule has 1 aliphatic heterocycles. The fraction of sp³-hybridized carbons (Fsp3) is 0.286. The van der Waals surface area contributed by atoms with Crippen molar-refractivity contribution in [3.63, 3.8) is 0 Å². The largest absolute Gasteiger partial charge is 0.370 e. The molecular weight excluding hydrogens is 329 g/mol. The first-order valence-electron chi connectivity index (χ1n) is 9.00. The Morgan fingerprint density at radius 1 is 1.04 bits per heavy atom. The molecule has 1 fully saturated rings. The lowest BCUT2D eigenvalue weighted by Gasteiger charge is -2.23. The van der Waals surface area contributed by atoms with Crippen molar-refractivity contribution in [1.82, 2.24) is 9.88 Å². The molecule has 0 saturated carbocycles. The number of benzene rings is 2. The van der Waals surface area contributed by atoms with E-state index in [9.17, 15) is 9.18 Å². The van der Waals surface area contributed by atoms with Gasteiger partial charge >= 0.3 is 0 Å². The van der Waals surface area contributed by atoms with Crippen molar-refractivity contribution < 1.29 is 9.18 Å². The summed E-state index contributed by atoms with van der Waals surface area (Å²) < 4.78 is 13.5. The van der Waals surface area contributed by atoms with Gasteiger partial charge in [-0.25, -0.2) is 4.39 Å². The first-order valence-corrected chi connectivity index (χ1v) is 9.00. The van der Waals surface area contributed by atoms with E-state index < -0.39 is 0 Å². The summed E-state index contributed by atoms with van der Waals surface area (Å²) in [6.45, 7) is 5.02. The van der Waals surface area contributed by atoms with E-state index in [1.165, 1.54) is 17.8 Å². The van der Waals surface area contributed by atoms with Crippen LogP contribution in [0.4, 0.5) is 10.1 Å². The van der Waals surface area contributed by atoms with E-state index in [0.29, 0.717) is 12.2 Å². The zero-order chi connectivity index (χ0) is 18.1. The highest BCUT2D eigenvalue weighted by molar-refractivity contribution is 6.00. The molecule has 1 aliphatic rings. The van der Waals surface area contributed by atoms with Crippen LogP contribution in [-0.4, -0.2) is 42.0 Å². The van der Waals surface area contributed by atoms with Crippen LogP contribution in [0, 0.1) is 12.7 Å². The summed E-state index contributed by atoms with van der Waals surface area (Å²) in [6.07, 6.45) is 0.925. The van der Waals surface area contributed by atoms with Gasteiger partial charge in [-0.3, -0.25) is 4.79 Å². The molecule has 0 aliphatic carbocycles. The van der Waals surface area contributed by atoms with Crippen LogP contribution in [0.25, 0.3) is 10.9 Å². The Bertz CT molecular complexity index is 935. The van der Waals surface area contributed by atoms with E-state index >= 15 is 0 Å². The smallest absolute Gasteiger partial charge is 0.270 e. The van der Waals surface area contributed by atoms with Gasteiger partial charge in [-0.2, -0.15) is 0 Å². The van der Waals surface area contributed by atoms with E-state index in [0.717, 1.165) is 42.5 Å². The first kappa shape index (κ1) is 16.6. The van der Waals surface area contributed by atoms with Crippen LogP contribution < -0.4 is 4.90 Å². The van der Waals surface area contributed by atoms with Gasteiger partial charge in [0.25, 0.3) is 5.91 Å². The molecule has 0 atom stereocenters. The van der Waals surface area contributed by atoms with Crippen LogP contribution in [0.3, 0.4) is 0 Å². The maximum atomic E-state index is 13.5. The molecule has 3 aromatic rings. The molecule has 4 rings (SSSR count). The third kappa shape index (κ3) is 3.05. The van der Waals surface area contributed by atoms with E-state index in [4.69, 9.17) is 0 Å². The fourth-order valence-corrected chi connectivity index (χ4v) is 3.69.